The molecule has 1 amide bonds. The number of hydrogen-bond donors (Lipinski definition) is 1. The van der Waals surface area contributed by atoms with E-state index in [0.717, 1.165) is 11.5 Å². The van der Waals surface area contributed by atoms with E-state index >= 15 is 0 Å². The Morgan fingerprint density at radius 3 is 2.36 bits per heavy atom. The maximum atomic E-state index is 12.6. The standard InChI is InChI=1S/C21H20ClN3O3/c1-25(15-7-5-4-6-8-15)20-10-9-14(13-23-20)21(26)24-17-12-18(27-2)16(22)11-19(17)28-3/h4-13H,1-3H3,(H,24,26). The van der Waals surface area contributed by atoms with Crippen molar-refractivity contribution in [2.45, 2.75) is 0 Å². The second kappa shape index (κ2) is 8.63. The summed E-state index contributed by atoms with van der Waals surface area (Å²) in [5, 5.41) is 3.20. The van der Waals surface area contributed by atoms with E-state index in [1.165, 1.54) is 20.4 Å². The molecule has 0 atom stereocenters. The number of pyridine rings is 1. The Balaban J connectivity index is 1.79. The molecule has 3 aromatic rings. The van der Waals surface area contributed by atoms with Gasteiger partial charge in [0.15, 0.2) is 0 Å². The van der Waals surface area contributed by atoms with Crippen LogP contribution in [0.5, 0.6) is 11.5 Å². The number of aromatic nitrogens is 1. The van der Waals surface area contributed by atoms with Gasteiger partial charge in [-0.25, -0.2) is 4.98 Å². The summed E-state index contributed by atoms with van der Waals surface area (Å²) in [5.41, 5.74) is 1.88. The van der Waals surface area contributed by atoms with Crippen LogP contribution in [0.25, 0.3) is 0 Å². The van der Waals surface area contributed by atoms with Gasteiger partial charge < -0.3 is 19.7 Å². The number of amides is 1. The number of rotatable bonds is 6. The molecule has 0 fully saturated rings. The number of carbonyl (C=O) groups is 1. The van der Waals surface area contributed by atoms with E-state index in [-0.39, 0.29) is 5.91 Å². The molecule has 0 saturated heterocycles. The fourth-order valence-corrected chi connectivity index (χ4v) is 2.89. The highest BCUT2D eigenvalue weighted by Gasteiger charge is 2.14. The monoisotopic (exact) mass is 397 g/mol. The minimum atomic E-state index is -0.316. The van der Waals surface area contributed by atoms with Crippen LogP contribution in [0.4, 0.5) is 17.2 Å². The number of hydrogen-bond acceptors (Lipinski definition) is 5. The SMILES string of the molecule is COc1cc(NC(=O)c2ccc(N(C)c3ccccc3)nc2)c(OC)cc1Cl. The van der Waals surface area contributed by atoms with Crippen LogP contribution >= 0.6 is 11.6 Å². The Kier molecular flexibility index (Phi) is 6.01. The molecule has 0 aliphatic heterocycles. The third-order valence-electron chi connectivity index (χ3n) is 4.22. The van der Waals surface area contributed by atoms with Crippen molar-refractivity contribution < 1.29 is 14.3 Å². The van der Waals surface area contributed by atoms with Gasteiger partial charge in [0.05, 0.1) is 30.5 Å². The summed E-state index contributed by atoms with van der Waals surface area (Å²) in [4.78, 5) is 19.0. The van der Waals surface area contributed by atoms with Gasteiger partial charge in [-0.2, -0.15) is 0 Å². The number of benzene rings is 2. The van der Waals surface area contributed by atoms with Crippen LogP contribution in [0.2, 0.25) is 5.02 Å². The average Bonchev–Trinajstić information content (AvgIpc) is 2.74. The summed E-state index contributed by atoms with van der Waals surface area (Å²) in [6.07, 6.45) is 1.53. The zero-order chi connectivity index (χ0) is 20.1. The molecule has 3 rings (SSSR count). The number of carbonyl (C=O) groups excluding carboxylic acids is 1. The molecule has 0 radical (unpaired) electrons. The fraction of sp³-hybridized carbons (Fsp3) is 0.143. The van der Waals surface area contributed by atoms with Gasteiger partial charge in [-0.05, 0) is 24.3 Å². The molecule has 7 heteroatoms. The number of anilines is 3. The van der Waals surface area contributed by atoms with Gasteiger partial charge >= 0.3 is 0 Å². The Labute approximate surface area is 168 Å². The smallest absolute Gasteiger partial charge is 0.257 e. The van der Waals surface area contributed by atoms with Gasteiger partial charge in [-0.1, -0.05) is 29.8 Å². The lowest BCUT2D eigenvalue weighted by Crippen LogP contribution is -2.15. The highest BCUT2D eigenvalue weighted by atomic mass is 35.5. The molecule has 28 heavy (non-hydrogen) atoms. The van der Waals surface area contributed by atoms with E-state index in [4.69, 9.17) is 21.1 Å². The second-order valence-corrected chi connectivity index (χ2v) is 6.35. The van der Waals surface area contributed by atoms with Crippen molar-refractivity contribution in [2.75, 3.05) is 31.5 Å². The predicted molar refractivity (Wildman–Crippen MR) is 111 cm³/mol. The highest BCUT2D eigenvalue weighted by Crippen LogP contribution is 2.36. The summed E-state index contributed by atoms with van der Waals surface area (Å²) in [6.45, 7) is 0. The van der Waals surface area contributed by atoms with E-state index in [1.807, 2.05) is 42.3 Å². The third-order valence-corrected chi connectivity index (χ3v) is 4.51. The lowest BCUT2D eigenvalue weighted by Gasteiger charge is -2.18. The van der Waals surface area contributed by atoms with Crippen LogP contribution in [0.1, 0.15) is 10.4 Å². The number of nitrogens with zero attached hydrogens (tertiary/aromatic N) is 2. The van der Waals surface area contributed by atoms with Crippen LogP contribution in [0.15, 0.2) is 60.8 Å². The first-order valence-corrected chi connectivity index (χ1v) is 8.89. The molecule has 0 unspecified atom stereocenters. The van der Waals surface area contributed by atoms with Crippen molar-refractivity contribution >= 4 is 34.7 Å². The molecule has 0 bridgehead atoms. The Morgan fingerprint density at radius 1 is 1.04 bits per heavy atom. The minimum absolute atomic E-state index is 0.316. The normalized spacial score (nSPS) is 10.3. The lowest BCUT2D eigenvalue weighted by atomic mass is 10.2. The molecule has 1 N–H and O–H groups in total. The molecule has 0 saturated carbocycles. The second-order valence-electron chi connectivity index (χ2n) is 5.94. The summed E-state index contributed by atoms with van der Waals surface area (Å²) < 4.78 is 10.5. The van der Waals surface area contributed by atoms with E-state index in [2.05, 4.69) is 10.3 Å². The number of para-hydroxylation sites is 1. The molecule has 6 nitrogen and oxygen atoms in total. The van der Waals surface area contributed by atoms with Gasteiger partial charge in [-0.3, -0.25) is 4.79 Å². The van der Waals surface area contributed by atoms with Gasteiger partial charge in [0.2, 0.25) is 0 Å². The maximum Gasteiger partial charge on any atom is 0.257 e. The number of methoxy groups -OCH3 is 2. The summed E-state index contributed by atoms with van der Waals surface area (Å²) >= 11 is 6.10. The zero-order valence-electron chi connectivity index (χ0n) is 15.8. The topological polar surface area (TPSA) is 63.7 Å². The molecule has 0 spiro atoms. The highest BCUT2D eigenvalue weighted by molar-refractivity contribution is 6.32. The largest absolute Gasteiger partial charge is 0.495 e. The molecule has 2 aromatic carbocycles. The van der Waals surface area contributed by atoms with Crippen molar-refractivity contribution in [1.82, 2.24) is 4.98 Å². The van der Waals surface area contributed by atoms with Gasteiger partial charge in [0, 0.05) is 31.1 Å². The van der Waals surface area contributed by atoms with Crippen LogP contribution < -0.4 is 19.7 Å². The van der Waals surface area contributed by atoms with Gasteiger partial charge in [-0.15, -0.1) is 0 Å². The maximum absolute atomic E-state index is 12.6. The minimum Gasteiger partial charge on any atom is -0.495 e. The first-order chi connectivity index (χ1) is 13.5. The first kappa shape index (κ1) is 19.5. The first-order valence-electron chi connectivity index (χ1n) is 8.51. The molecule has 0 aliphatic rings. The Bertz CT molecular complexity index is 963. The quantitative estimate of drug-likeness (QED) is 0.649. The molecule has 0 aliphatic carbocycles. The fourth-order valence-electron chi connectivity index (χ4n) is 2.66. The number of halogens is 1. The van der Waals surface area contributed by atoms with Crippen molar-refractivity contribution in [3.05, 3.63) is 71.4 Å². The molecule has 1 heterocycles. The van der Waals surface area contributed by atoms with Crippen LogP contribution in [0.3, 0.4) is 0 Å². The zero-order valence-corrected chi connectivity index (χ0v) is 16.5. The third kappa shape index (κ3) is 4.18. The van der Waals surface area contributed by atoms with Crippen molar-refractivity contribution in [1.29, 1.82) is 0 Å². The van der Waals surface area contributed by atoms with Crippen LogP contribution in [-0.2, 0) is 0 Å². The van der Waals surface area contributed by atoms with Gasteiger partial charge in [0.25, 0.3) is 5.91 Å². The van der Waals surface area contributed by atoms with Crippen molar-refractivity contribution in [3.8, 4) is 11.5 Å². The summed E-state index contributed by atoms with van der Waals surface area (Å²) in [5.74, 6) is 1.29. The summed E-state index contributed by atoms with van der Waals surface area (Å²) in [7, 11) is 4.93. The molecule has 144 valence electrons. The van der Waals surface area contributed by atoms with E-state index < -0.39 is 0 Å². The van der Waals surface area contributed by atoms with E-state index in [0.29, 0.717) is 27.8 Å². The lowest BCUT2D eigenvalue weighted by molar-refractivity contribution is 0.102. The average molecular weight is 398 g/mol. The summed E-state index contributed by atoms with van der Waals surface area (Å²) in [6, 6.07) is 16.6. The van der Waals surface area contributed by atoms with E-state index in [1.54, 1.807) is 24.3 Å². The van der Waals surface area contributed by atoms with Crippen LogP contribution in [-0.4, -0.2) is 32.2 Å². The molecular weight excluding hydrogens is 378 g/mol. The number of ether oxygens (including phenoxy) is 2. The van der Waals surface area contributed by atoms with Crippen molar-refractivity contribution in [2.24, 2.45) is 0 Å². The molecule has 1 aromatic heterocycles. The van der Waals surface area contributed by atoms with Crippen molar-refractivity contribution in [3.63, 3.8) is 0 Å². The van der Waals surface area contributed by atoms with Gasteiger partial charge in [0.1, 0.15) is 17.3 Å². The Hall–Kier alpha value is -3.25. The molecular formula is C21H20ClN3O3. The van der Waals surface area contributed by atoms with E-state index in [9.17, 15) is 4.79 Å². The Morgan fingerprint density at radius 2 is 1.75 bits per heavy atom. The number of nitrogens with one attached hydrogen (secondary N) is 1. The van der Waals surface area contributed by atoms with Crippen LogP contribution in [0, 0.1) is 0 Å². The predicted octanol–water partition coefficient (Wildman–Crippen LogP) is 4.77.